The van der Waals surface area contributed by atoms with Gasteiger partial charge in [0, 0.05) is 18.0 Å². The Morgan fingerprint density at radius 1 is 0.762 bits per heavy atom. The van der Waals surface area contributed by atoms with E-state index in [1.807, 2.05) is 0 Å². The molecule has 1 aromatic heterocycles. The van der Waals surface area contributed by atoms with Gasteiger partial charge in [0.05, 0.1) is 11.1 Å². The monoisotopic (exact) mass is 306 g/mol. The molecular weight excluding hydrogens is 298 g/mol. The molecule has 0 saturated carbocycles. The molecule has 21 heavy (non-hydrogen) atoms. The highest BCUT2D eigenvalue weighted by molar-refractivity contribution is 5.58. The maximum Gasteiger partial charge on any atom is 0.416 e. The third kappa shape index (κ3) is 3.50. The second kappa shape index (κ2) is 5.01. The first-order valence-corrected chi connectivity index (χ1v) is 5.66. The van der Waals surface area contributed by atoms with Crippen LogP contribution in [-0.2, 0) is 12.4 Å². The van der Waals surface area contributed by atoms with E-state index in [0.29, 0.717) is 17.7 Å². The molecule has 2 rings (SSSR count). The number of rotatable bonds is 1. The molecule has 112 valence electrons. The van der Waals surface area contributed by atoms with Crippen molar-refractivity contribution in [1.29, 1.82) is 0 Å². The fourth-order valence-corrected chi connectivity index (χ4v) is 1.63. The number of alkyl halides is 6. The molecular formula is C13H8F6N2. The lowest BCUT2D eigenvalue weighted by molar-refractivity contribution is -0.143. The van der Waals surface area contributed by atoms with E-state index in [0.717, 1.165) is 0 Å². The minimum Gasteiger partial charge on any atom is -0.236 e. The van der Waals surface area contributed by atoms with Gasteiger partial charge in [-0.2, -0.15) is 26.3 Å². The molecule has 1 aromatic carbocycles. The Morgan fingerprint density at radius 2 is 1.19 bits per heavy atom. The average Bonchev–Trinajstić information content (AvgIpc) is 2.37. The Morgan fingerprint density at radius 3 is 1.57 bits per heavy atom. The number of halogens is 6. The van der Waals surface area contributed by atoms with E-state index in [4.69, 9.17) is 0 Å². The third-order valence-electron chi connectivity index (χ3n) is 2.63. The molecule has 0 aliphatic rings. The molecule has 0 atom stereocenters. The number of aromatic nitrogens is 2. The molecule has 2 aromatic rings. The van der Waals surface area contributed by atoms with Crippen molar-refractivity contribution >= 4 is 0 Å². The number of hydrogen-bond donors (Lipinski definition) is 0. The summed E-state index contributed by atoms with van der Waals surface area (Å²) in [4.78, 5) is 7.50. The number of nitrogens with zero attached hydrogens (tertiary/aromatic N) is 2. The van der Waals surface area contributed by atoms with Gasteiger partial charge in [-0.3, -0.25) is 0 Å². The number of benzene rings is 1. The predicted octanol–water partition coefficient (Wildman–Crippen LogP) is 4.49. The standard InChI is InChI=1S/C13H8F6N2/c1-7-5-20-11(21-6-7)8-2-9(12(14,15)16)4-10(3-8)13(17,18)19/h2-6H,1H3. The zero-order chi connectivity index (χ0) is 15.8. The Balaban J connectivity index is 2.63. The van der Waals surface area contributed by atoms with Gasteiger partial charge in [-0.15, -0.1) is 0 Å². The molecule has 0 saturated heterocycles. The summed E-state index contributed by atoms with van der Waals surface area (Å²) in [6.45, 7) is 1.65. The summed E-state index contributed by atoms with van der Waals surface area (Å²) in [5, 5.41) is 0. The van der Waals surface area contributed by atoms with E-state index >= 15 is 0 Å². The van der Waals surface area contributed by atoms with Gasteiger partial charge >= 0.3 is 12.4 Å². The van der Waals surface area contributed by atoms with Crippen LogP contribution in [-0.4, -0.2) is 9.97 Å². The van der Waals surface area contributed by atoms with E-state index < -0.39 is 23.5 Å². The molecule has 0 aliphatic carbocycles. The van der Waals surface area contributed by atoms with Crippen LogP contribution in [0.1, 0.15) is 16.7 Å². The number of aryl methyl sites for hydroxylation is 1. The molecule has 0 amide bonds. The fourth-order valence-electron chi connectivity index (χ4n) is 1.63. The van der Waals surface area contributed by atoms with Crippen LogP contribution < -0.4 is 0 Å². The van der Waals surface area contributed by atoms with Crippen molar-refractivity contribution in [2.75, 3.05) is 0 Å². The van der Waals surface area contributed by atoms with E-state index in [2.05, 4.69) is 9.97 Å². The molecule has 0 fully saturated rings. The third-order valence-corrected chi connectivity index (χ3v) is 2.63. The van der Waals surface area contributed by atoms with Crippen molar-refractivity contribution in [3.63, 3.8) is 0 Å². The Bertz CT molecular complexity index is 611. The minimum absolute atomic E-state index is 0.0672. The van der Waals surface area contributed by atoms with Crippen molar-refractivity contribution in [2.45, 2.75) is 19.3 Å². The largest absolute Gasteiger partial charge is 0.416 e. The smallest absolute Gasteiger partial charge is 0.236 e. The van der Waals surface area contributed by atoms with Crippen LogP contribution in [0.5, 0.6) is 0 Å². The van der Waals surface area contributed by atoms with Crippen molar-refractivity contribution < 1.29 is 26.3 Å². The Labute approximate surface area is 115 Å². The fraction of sp³-hybridized carbons (Fsp3) is 0.231. The van der Waals surface area contributed by atoms with Gasteiger partial charge in [-0.25, -0.2) is 9.97 Å². The Hall–Kier alpha value is -2.12. The summed E-state index contributed by atoms with van der Waals surface area (Å²) in [7, 11) is 0. The summed E-state index contributed by atoms with van der Waals surface area (Å²) in [6, 6.07) is 1.26. The first-order chi connectivity index (χ1) is 9.57. The summed E-state index contributed by atoms with van der Waals surface area (Å²) < 4.78 is 76.2. The highest BCUT2D eigenvalue weighted by Crippen LogP contribution is 2.37. The van der Waals surface area contributed by atoms with Crippen LogP contribution >= 0.6 is 0 Å². The quantitative estimate of drug-likeness (QED) is 0.725. The lowest BCUT2D eigenvalue weighted by Gasteiger charge is -2.13. The molecule has 0 bridgehead atoms. The zero-order valence-electron chi connectivity index (χ0n) is 10.5. The van der Waals surface area contributed by atoms with Crippen molar-refractivity contribution in [1.82, 2.24) is 9.97 Å². The zero-order valence-corrected chi connectivity index (χ0v) is 10.5. The van der Waals surface area contributed by atoms with Gasteiger partial charge in [0.2, 0.25) is 0 Å². The minimum atomic E-state index is -4.89. The second-order valence-electron chi connectivity index (χ2n) is 4.38. The van der Waals surface area contributed by atoms with Crippen LogP contribution in [0.15, 0.2) is 30.6 Å². The second-order valence-corrected chi connectivity index (χ2v) is 4.38. The molecule has 0 N–H and O–H groups in total. The van der Waals surface area contributed by atoms with E-state index in [-0.39, 0.29) is 17.5 Å². The first kappa shape index (κ1) is 15.3. The van der Waals surface area contributed by atoms with Crippen LogP contribution in [0.4, 0.5) is 26.3 Å². The van der Waals surface area contributed by atoms with E-state index in [9.17, 15) is 26.3 Å². The van der Waals surface area contributed by atoms with Gasteiger partial charge in [-0.1, -0.05) is 0 Å². The summed E-state index contributed by atoms with van der Waals surface area (Å²) in [6.07, 6.45) is -7.15. The van der Waals surface area contributed by atoms with Crippen LogP contribution in [0.3, 0.4) is 0 Å². The Kier molecular flexibility index (Phi) is 3.65. The highest BCUT2D eigenvalue weighted by Gasteiger charge is 2.37. The summed E-state index contributed by atoms with van der Waals surface area (Å²) in [5.41, 5.74) is -2.48. The highest BCUT2D eigenvalue weighted by atomic mass is 19.4. The van der Waals surface area contributed by atoms with Gasteiger partial charge in [-0.05, 0) is 30.7 Å². The lowest BCUT2D eigenvalue weighted by atomic mass is 10.0. The predicted molar refractivity (Wildman–Crippen MR) is 62.2 cm³/mol. The van der Waals surface area contributed by atoms with Gasteiger partial charge in [0.1, 0.15) is 0 Å². The molecule has 0 spiro atoms. The topological polar surface area (TPSA) is 25.8 Å². The van der Waals surface area contributed by atoms with Gasteiger partial charge in [0.25, 0.3) is 0 Å². The van der Waals surface area contributed by atoms with Crippen LogP contribution in [0.25, 0.3) is 11.4 Å². The lowest BCUT2D eigenvalue weighted by Crippen LogP contribution is -2.11. The van der Waals surface area contributed by atoms with Crippen molar-refractivity contribution in [2.24, 2.45) is 0 Å². The molecule has 2 nitrogen and oxygen atoms in total. The van der Waals surface area contributed by atoms with Crippen LogP contribution in [0, 0.1) is 6.92 Å². The molecule has 0 aliphatic heterocycles. The maximum atomic E-state index is 12.7. The van der Waals surface area contributed by atoms with E-state index in [1.54, 1.807) is 6.92 Å². The molecule has 0 unspecified atom stereocenters. The van der Waals surface area contributed by atoms with Gasteiger partial charge in [0.15, 0.2) is 5.82 Å². The van der Waals surface area contributed by atoms with Crippen LogP contribution in [0.2, 0.25) is 0 Å². The maximum absolute atomic E-state index is 12.7. The normalized spacial score (nSPS) is 12.5. The molecule has 8 heteroatoms. The SMILES string of the molecule is Cc1cnc(-c2cc(C(F)(F)F)cc(C(F)(F)F)c2)nc1. The summed E-state index contributed by atoms with van der Waals surface area (Å²) >= 11 is 0. The number of hydrogen-bond acceptors (Lipinski definition) is 2. The van der Waals surface area contributed by atoms with Crippen molar-refractivity contribution in [3.8, 4) is 11.4 Å². The molecule has 1 heterocycles. The average molecular weight is 306 g/mol. The van der Waals surface area contributed by atoms with Crippen molar-refractivity contribution in [3.05, 3.63) is 47.3 Å². The first-order valence-electron chi connectivity index (χ1n) is 5.66. The summed E-state index contributed by atoms with van der Waals surface area (Å²) in [5.74, 6) is -0.197. The molecule has 0 radical (unpaired) electrons. The van der Waals surface area contributed by atoms with E-state index in [1.165, 1.54) is 12.4 Å². The van der Waals surface area contributed by atoms with Gasteiger partial charge < -0.3 is 0 Å².